The van der Waals surface area contributed by atoms with Gasteiger partial charge in [-0.3, -0.25) is 9.48 Å². The Kier molecular flexibility index (Phi) is 5.89. The van der Waals surface area contributed by atoms with Crippen molar-refractivity contribution in [1.29, 1.82) is 0 Å². The molecule has 1 aromatic carbocycles. The van der Waals surface area contributed by atoms with Gasteiger partial charge in [0.05, 0.1) is 40.4 Å². The molecule has 1 saturated heterocycles. The highest BCUT2D eigenvalue weighted by Crippen LogP contribution is 2.28. The standard InChI is InChI=1S/C21H27ClN4O4S/c1-21(2,3)26-19-6-7-24(14-15(19)13-23-26)20(27)17-12-16(4-5-18(17)22)31(28,29)25-8-10-30-11-9-25/h4-5,12-13H,6-11,14H2,1-3H3. The molecule has 10 heteroatoms. The van der Waals surface area contributed by atoms with E-state index in [2.05, 4.69) is 25.9 Å². The molecule has 2 aliphatic heterocycles. The summed E-state index contributed by atoms with van der Waals surface area (Å²) < 4.78 is 34.6. The van der Waals surface area contributed by atoms with Crippen molar-refractivity contribution in [1.82, 2.24) is 19.0 Å². The first-order valence-corrected chi connectivity index (χ1v) is 12.1. The Bertz CT molecular complexity index is 1100. The van der Waals surface area contributed by atoms with Gasteiger partial charge in [-0.1, -0.05) is 11.6 Å². The van der Waals surface area contributed by atoms with Crippen molar-refractivity contribution in [3.8, 4) is 0 Å². The molecule has 0 N–H and O–H groups in total. The summed E-state index contributed by atoms with van der Waals surface area (Å²) >= 11 is 6.32. The van der Waals surface area contributed by atoms with Crippen molar-refractivity contribution in [2.75, 3.05) is 32.8 Å². The van der Waals surface area contributed by atoms with E-state index in [0.717, 1.165) is 11.3 Å². The van der Waals surface area contributed by atoms with Crippen LogP contribution >= 0.6 is 11.6 Å². The predicted octanol–water partition coefficient (Wildman–Crippen LogP) is 2.51. The van der Waals surface area contributed by atoms with Gasteiger partial charge in [0.25, 0.3) is 5.91 Å². The van der Waals surface area contributed by atoms with E-state index >= 15 is 0 Å². The Hall–Kier alpha value is -1.94. The third-order valence-electron chi connectivity index (χ3n) is 5.63. The van der Waals surface area contributed by atoms with Gasteiger partial charge in [-0.25, -0.2) is 8.42 Å². The molecule has 2 aromatic rings. The lowest BCUT2D eigenvalue weighted by Gasteiger charge is -2.30. The Labute approximate surface area is 187 Å². The highest BCUT2D eigenvalue weighted by molar-refractivity contribution is 7.89. The van der Waals surface area contributed by atoms with Crippen LogP contribution in [0.3, 0.4) is 0 Å². The number of morpholine rings is 1. The molecule has 1 amide bonds. The maximum absolute atomic E-state index is 13.3. The summed E-state index contributed by atoms with van der Waals surface area (Å²) in [5, 5.41) is 4.75. The largest absolute Gasteiger partial charge is 0.379 e. The van der Waals surface area contributed by atoms with Crippen molar-refractivity contribution in [2.45, 2.75) is 44.2 Å². The van der Waals surface area contributed by atoms with E-state index in [1.54, 1.807) is 11.1 Å². The van der Waals surface area contributed by atoms with E-state index in [1.165, 1.54) is 22.5 Å². The van der Waals surface area contributed by atoms with Crippen molar-refractivity contribution in [2.24, 2.45) is 0 Å². The number of aromatic nitrogens is 2. The minimum Gasteiger partial charge on any atom is -0.379 e. The average molecular weight is 467 g/mol. The molecule has 2 aliphatic rings. The number of amides is 1. The molecule has 0 atom stereocenters. The zero-order chi connectivity index (χ0) is 22.4. The van der Waals surface area contributed by atoms with Crippen molar-refractivity contribution < 1.29 is 17.9 Å². The van der Waals surface area contributed by atoms with Crippen LogP contribution in [0.1, 0.15) is 42.4 Å². The number of nitrogens with zero attached hydrogens (tertiary/aromatic N) is 4. The SMILES string of the molecule is CC(C)(C)n1ncc2c1CCN(C(=O)c1cc(S(=O)(=O)N3CCOCC3)ccc1Cl)C2. The molecule has 4 rings (SSSR count). The van der Waals surface area contributed by atoms with Gasteiger partial charge in [-0.2, -0.15) is 9.40 Å². The molecule has 0 saturated carbocycles. The maximum Gasteiger partial charge on any atom is 0.255 e. The van der Waals surface area contributed by atoms with Gasteiger partial charge < -0.3 is 9.64 Å². The van der Waals surface area contributed by atoms with Crippen LogP contribution in [0.4, 0.5) is 0 Å². The Balaban J connectivity index is 1.59. The Morgan fingerprint density at radius 2 is 1.87 bits per heavy atom. The third-order valence-corrected chi connectivity index (χ3v) is 7.86. The molecule has 0 aliphatic carbocycles. The molecule has 1 fully saturated rings. The lowest BCUT2D eigenvalue weighted by Crippen LogP contribution is -2.41. The van der Waals surface area contributed by atoms with E-state index < -0.39 is 10.0 Å². The third kappa shape index (κ3) is 4.24. The normalized spacial score (nSPS) is 18.1. The lowest BCUT2D eigenvalue weighted by molar-refractivity contribution is 0.0726. The van der Waals surface area contributed by atoms with Crippen LogP contribution in [0.2, 0.25) is 5.02 Å². The fraction of sp³-hybridized carbons (Fsp3) is 0.524. The van der Waals surface area contributed by atoms with Crippen LogP contribution in [0, 0.1) is 0 Å². The Morgan fingerprint density at radius 1 is 1.16 bits per heavy atom. The number of carbonyl (C=O) groups is 1. The predicted molar refractivity (Wildman–Crippen MR) is 117 cm³/mol. The number of halogens is 1. The summed E-state index contributed by atoms with van der Waals surface area (Å²) in [6.07, 6.45) is 2.49. The molecule has 0 unspecified atom stereocenters. The zero-order valence-corrected chi connectivity index (χ0v) is 19.5. The molecular formula is C21H27ClN4O4S. The molecule has 31 heavy (non-hydrogen) atoms. The van der Waals surface area contributed by atoms with Crippen LogP contribution in [-0.2, 0) is 33.3 Å². The molecule has 0 radical (unpaired) electrons. The zero-order valence-electron chi connectivity index (χ0n) is 18.0. The molecule has 3 heterocycles. The molecule has 0 spiro atoms. The molecular weight excluding hydrogens is 440 g/mol. The summed E-state index contributed by atoms with van der Waals surface area (Å²) in [6.45, 7) is 8.52. The first-order chi connectivity index (χ1) is 14.6. The quantitative estimate of drug-likeness (QED) is 0.693. The van der Waals surface area contributed by atoms with Crippen LogP contribution in [0.25, 0.3) is 0 Å². The van der Waals surface area contributed by atoms with Crippen molar-refractivity contribution in [3.05, 3.63) is 46.2 Å². The second kappa shape index (κ2) is 8.20. The van der Waals surface area contributed by atoms with Crippen LogP contribution in [0.15, 0.2) is 29.3 Å². The van der Waals surface area contributed by atoms with Crippen LogP contribution in [0.5, 0.6) is 0 Å². The fourth-order valence-electron chi connectivity index (χ4n) is 4.02. The minimum atomic E-state index is -3.72. The van der Waals surface area contributed by atoms with Crippen molar-refractivity contribution >= 4 is 27.5 Å². The first-order valence-electron chi connectivity index (χ1n) is 10.3. The van der Waals surface area contributed by atoms with E-state index in [-0.39, 0.29) is 26.9 Å². The summed E-state index contributed by atoms with van der Waals surface area (Å²) in [5.74, 6) is -0.279. The van der Waals surface area contributed by atoms with Gasteiger partial charge in [0.1, 0.15) is 0 Å². The first kappa shape index (κ1) is 22.3. The smallest absolute Gasteiger partial charge is 0.255 e. The highest BCUT2D eigenvalue weighted by atomic mass is 35.5. The molecule has 0 bridgehead atoms. The van der Waals surface area contributed by atoms with Crippen LogP contribution < -0.4 is 0 Å². The number of benzene rings is 1. The summed E-state index contributed by atoms with van der Waals surface area (Å²) in [4.78, 5) is 15.0. The monoisotopic (exact) mass is 466 g/mol. The minimum absolute atomic E-state index is 0.0698. The van der Waals surface area contributed by atoms with Gasteiger partial charge >= 0.3 is 0 Å². The summed E-state index contributed by atoms with van der Waals surface area (Å²) in [5.41, 5.74) is 2.20. The number of hydrogen-bond donors (Lipinski definition) is 0. The lowest BCUT2D eigenvalue weighted by atomic mass is 10.0. The van der Waals surface area contributed by atoms with Gasteiger partial charge in [0, 0.05) is 43.9 Å². The van der Waals surface area contributed by atoms with Gasteiger partial charge in [0.15, 0.2) is 0 Å². The van der Waals surface area contributed by atoms with Gasteiger partial charge in [-0.15, -0.1) is 0 Å². The maximum atomic E-state index is 13.3. The van der Waals surface area contributed by atoms with E-state index in [1.807, 2.05) is 4.68 Å². The number of rotatable bonds is 3. The number of hydrogen-bond acceptors (Lipinski definition) is 5. The number of sulfonamides is 1. The van der Waals surface area contributed by atoms with E-state index in [0.29, 0.717) is 45.8 Å². The van der Waals surface area contributed by atoms with Crippen LogP contribution in [-0.4, -0.2) is 66.2 Å². The number of fused-ring (bicyclic) bond motifs is 1. The Morgan fingerprint density at radius 3 is 2.55 bits per heavy atom. The highest BCUT2D eigenvalue weighted by Gasteiger charge is 2.31. The molecule has 1 aromatic heterocycles. The second-order valence-corrected chi connectivity index (χ2v) is 11.2. The average Bonchev–Trinajstić information content (AvgIpc) is 3.18. The summed E-state index contributed by atoms with van der Waals surface area (Å²) in [7, 11) is -3.72. The fourth-order valence-corrected chi connectivity index (χ4v) is 5.65. The molecule has 8 nitrogen and oxygen atoms in total. The van der Waals surface area contributed by atoms with Gasteiger partial charge in [-0.05, 0) is 39.0 Å². The van der Waals surface area contributed by atoms with E-state index in [9.17, 15) is 13.2 Å². The summed E-state index contributed by atoms with van der Waals surface area (Å²) in [6, 6.07) is 4.32. The van der Waals surface area contributed by atoms with E-state index in [4.69, 9.17) is 16.3 Å². The molecule has 168 valence electrons. The van der Waals surface area contributed by atoms with Gasteiger partial charge in [0.2, 0.25) is 10.0 Å². The topological polar surface area (TPSA) is 84.7 Å². The van der Waals surface area contributed by atoms with Crippen molar-refractivity contribution in [3.63, 3.8) is 0 Å². The second-order valence-electron chi connectivity index (χ2n) is 8.83. The number of carbonyl (C=O) groups excluding carboxylic acids is 1. The number of ether oxygens (including phenoxy) is 1.